The van der Waals surface area contributed by atoms with Crippen LogP contribution in [-0.2, 0) is 14.4 Å². The molecule has 0 aliphatic heterocycles. The number of nitrogens with two attached hydrogens (primary N) is 2. The summed E-state index contributed by atoms with van der Waals surface area (Å²) in [7, 11) is 0. The molecule has 1 heterocycles. The Hall–Kier alpha value is -2.16. The van der Waals surface area contributed by atoms with Crippen LogP contribution < -0.4 is 11.5 Å². The molecule has 9 heteroatoms. The highest BCUT2D eigenvalue weighted by molar-refractivity contribution is 7.13. The van der Waals surface area contributed by atoms with E-state index in [0.717, 1.165) is 11.3 Å². The van der Waals surface area contributed by atoms with Crippen LogP contribution in [0.1, 0.15) is 19.5 Å². The van der Waals surface area contributed by atoms with E-state index < -0.39 is 23.2 Å². The second kappa shape index (κ2) is 5.00. The molecule has 5 N–H and O–H groups in total. The van der Waals surface area contributed by atoms with Crippen molar-refractivity contribution in [1.29, 1.82) is 0 Å². The lowest BCUT2D eigenvalue weighted by molar-refractivity contribution is -0.140. The Morgan fingerprint density at radius 2 is 2.17 bits per heavy atom. The fraction of sp³-hybridized carbons (Fsp3) is 0.333. The molecular formula is C9H12N4O4S. The number of oxime groups is 1. The third kappa shape index (κ3) is 3.17. The van der Waals surface area contributed by atoms with Crippen molar-refractivity contribution in [1.82, 2.24) is 4.98 Å². The average Bonchev–Trinajstić information content (AvgIpc) is 2.64. The molecule has 18 heavy (non-hydrogen) atoms. The number of carbonyl (C=O) groups is 2. The van der Waals surface area contributed by atoms with E-state index in [1.807, 2.05) is 0 Å². The molecule has 0 radical (unpaired) electrons. The average molecular weight is 272 g/mol. The SMILES string of the molecule is CC(C)(ON=C(C(=O)O)c1csc(N)n1)C(N)=O. The lowest BCUT2D eigenvalue weighted by Crippen LogP contribution is -2.39. The van der Waals surface area contributed by atoms with E-state index in [1.54, 1.807) is 0 Å². The highest BCUT2D eigenvalue weighted by Crippen LogP contribution is 2.14. The number of primary amides is 1. The Kier molecular flexibility index (Phi) is 3.86. The number of nitrogens with zero attached hydrogens (tertiary/aromatic N) is 2. The zero-order valence-electron chi connectivity index (χ0n) is 9.71. The van der Waals surface area contributed by atoms with Crippen molar-refractivity contribution in [2.24, 2.45) is 10.9 Å². The summed E-state index contributed by atoms with van der Waals surface area (Å²) in [6.07, 6.45) is 0. The molecule has 0 aliphatic carbocycles. The number of carboxylic acids is 1. The van der Waals surface area contributed by atoms with Crippen LogP contribution in [0.3, 0.4) is 0 Å². The van der Waals surface area contributed by atoms with Crippen molar-refractivity contribution in [3.63, 3.8) is 0 Å². The number of anilines is 1. The van der Waals surface area contributed by atoms with E-state index in [-0.39, 0.29) is 10.8 Å². The van der Waals surface area contributed by atoms with Crippen LogP contribution in [0.25, 0.3) is 0 Å². The van der Waals surface area contributed by atoms with E-state index in [1.165, 1.54) is 19.2 Å². The predicted octanol–water partition coefficient (Wildman–Crippen LogP) is -0.206. The van der Waals surface area contributed by atoms with Gasteiger partial charge in [-0.1, -0.05) is 5.16 Å². The van der Waals surface area contributed by atoms with Crippen molar-refractivity contribution in [2.45, 2.75) is 19.4 Å². The number of rotatable bonds is 5. The fourth-order valence-corrected chi connectivity index (χ4v) is 1.34. The normalized spacial score (nSPS) is 12.2. The lowest BCUT2D eigenvalue weighted by atomic mass is 10.1. The minimum atomic E-state index is -1.41. The standard InChI is InChI=1S/C9H12N4O4S/c1-9(2,7(10)16)17-13-5(6(14)15)4-3-18-8(11)12-4/h3H,1-2H3,(H2,10,16)(H2,11,12)(H,14,15). The molecule has 0 saturated carbocycles. The Bertz CT molecular complexity index is 508. The summed E-state index contributed by atoms with van der Waals surface area (Å²) in [6, 6.07) is 0. The van der Waals surface area contributed by atoms with Gasteiger partial charge in [0.15, 0.2) is 5.13 Å². The third-order valence-electron chi connectivity index (χ3n) is 1.93. The molecule has 0 atom stereocenters. The maximum atomic E-state index is 11.0. The number of aromatic nitrogens is 1. The van der Waals surface area contributed by atoms with Crippen LogP contribution >= 0.6 is 11.3 Å². The number of hydrogen-bond acceptors (Lipinski definition) is 7. The van der Waals surface area contributed by atoms with Gasteiger partial charge >= 0.3 is 5.97 Å². The number of amides is 1. The number of carboxylic acid groups (broad SMARTS) is 1. The quantitative estimate of drug-likeness (QED) is 0.500. The first-order chi connectivity index (χ1) is 8.24. The highest BCUT2D eigenvalue weighted by atomic mass is 32.1. The Morgan fingerprint density at radius 3 is 2.56 bits per heavy atom. The van der Waals surface area contributed by atoms with Crippen LogP contribution in [0.2, 0.25) is 0 Å². The number of nitrogen functional groups attached to an aromatic ring is 1. The second-order valence-electron chi connectivity index (χ2n) is 3.78. The van der Waals surface area contributed by atoms with Crippen molar-refractivity contribution >= 4 is 34.1 Å². The Balaban J connectivity index is 3.01. The van der Waals surface area contributed by atoms with E-state index in [2.05, 4.69) is 10.1 Å². The lowest BCUT2D eigenvalue weighted by Gasteiger charge is -2.17. The Labute approximate surface area is 106 Å². The van der Waals surface area contributed by atoms with Crippen LogP contribution in [-0.4, -0.2) is 33.3 Å². The summed E-state index contributed by atoms with van der Waals surface area (Å²) < 4.78 is 0. The molecular weight excluding hydrogens is 260 g/mol. The van der Waals surface area contributed by atoms with Crippen molar-refractivity contribution in [2.75, 3.05) is 5.73 Å². The van der Waals surface area contributed by atoms with Crippen LogP contribution in [0.15, 0.2) is 10.5 Å². The molecule has 1 aromatic heterocycles. The van der Waals surface area contributed by atoms with Crippen LogP contribution in [0.5, 0.6) is 0 Å². The maximum absolute atomic E-state index is 11.0. The van der Waals surface area contributed by atoms with Gasteiger partial charge in [0.05, 0.1) is 0 Å². The minimum absolute atomic E-state index is 0.0604. The van der Waals surface area contributed by atoms with Gasteiger partial charge in [-0.15, -0.1) is 11.3 Å². The smallest absolute Gasteiger partial charge is 0.360 e. The van der Waals surface area contributed by atoms with Crippen LogP contribution in [0, 0.1) is 0 Å². The number of aliphatic carboxylic acids is 1. The largest absolute Gasteiger partial charge is 0.476 e. The molecule has 1 aromatic rings. The van der Waals surface area contributed by atoms with Gasteiger partial charge in [0.25, 0.3) is 5.91 Å². The summed E-state index contributed by atoms with van der Waals surface area (Å²) in [5.74, 6) is -2.12. The predicted molar refractivity (Wildman–Crippen MR) is 65.1 cm³/mol. The van der Waals surface area contributed by atoms with E-state index in [0.29, 0.717) is 0 Å². The first kappa shape index (κ1) is 13.9. The summed E-state index contributed by atoms with van der Waals surface area (Å²) in [5.41, 5.74) is 8.65. The monoisotopic (exact) mass is 272 g/mol. The van der Waals surface area contributed by atoms with Gasteiger partial charge in [-0.3, -0.25) is 4.79 Å². The molecule has 0 unspecified atom stereocenters. The molecule has 0 spiro atoms. The molecule has 0 fully saturated rings. The number of hydrogen-bond donors (Lipinski definition) is 3. The van der Waals surface area contributed by atoms with Crippen molar-refractivity contribution in [3.8, 4) is 0 Å². The van der Waals surface area contributed by atoms with Crippen LogP contribution in [0.4, 0.5) is 5.13 Å². The van der Waals surface area contributed by atoms with E-state index in [4.69, 9.17) is 21.4 Å². The molecule has 0 aromatic carbocycles. The molecule has 1 rings (SSSR count). The second-order valence-corrected chi connectivity index (χ2v) is 4.67. The number of carbonyl (C=O) groups excluding carboxylic acids is 1. The summed E-state index contributed by atoms with van der Waals surface area (Å²) >= 11 is 1.07. The third-order valence-corrected chi connectivity index (χ3v) is 2.60. The molecule has 0 aliphatic rings. The summed E-state index contributed by atoms with van der Waals surface area (Å²) in [5, 5.41) is 14.0. The van der Waals surface area contributed by atoms with Crippen molar-refractivity contribution < 1.29 is 19.5 Å². The van der Waals surface area contributed by atoms with Gasteiger partial charge in [-0.25, -0.2) is 9.78 Å². The van der Waals surface area contributed by atoms with Gasteiger partial charge in [-0.05, 0) is 13.8 Å². The van der Waals surface area contributed by atoms with Crippen molar-refractivity contribution in [3.05, 3.63) is 11.1 Å². The molecule has 0 saturated heterocycles. The Morgan fingerprint density at radius 1 is 1.56 bits per heavy atom. The van der Waals surface area contributed by atoms with Gasteiger partial charge in [0, 0.05) is 5.38 Å². The van der Waals surface area contributed by atoms with Gasteiger partial charge < -0.3 is 21.4 Å². The molecule has 98 valence electrons. The highest BCUT2D eigenvalue weighted by Gasteiger charge is 2.28. The molecule has 8 nitrogen and oxygen atoms in total. The topological polar surface area (TPSA) is 141 Å². The van der Waals surface area contributed by atoms with E-state index in [9.17, 15) is 9.59 Å². The maximum Gasteiger partial charge on any atom is 0.360 e. The fourth-order valence-electron chi connectivity index (χ4n) is 0.796. The molecule has 1 amide bonds. The summed E-state index contributed by atoms with van der Waals surface area (Å²) in [6.45, 7) is 2.74. The first-order valence-corrected chi connectivity index (χ1v) is 5.62. The van der Waals surface area contributed by atoms with E-state index >= 15 is 0 Å². The summed E-state index contributed by atoms with van der Waals surface area (Å²) in [4.78, 5) is 30.6. The van der Waals surface area contributed by atoms with Gasteiger partial charge in [0.2, 0.25) is 11.3 Å². The number of thiazole rings is 1. The zero-order chi connectivity index (χ0) is 13.9. The first-order valence-electron chi connectivity index (χ1n) is 4.75. The zero-order valence-corrected chi connectivity index (χ0v) is 10.5. The van der Waals surface area contributed by atoms with Gasteiger partial charge in [-0.2, -0.15) is 0 Å². The van der Waals surface area contributed by atoms with Gasteiger partial charge in [0.1, 0.15) is 5.69 Å². The minimum Gasteiger partial charge on any atom is -0.476 e. The molecule has 0 bridgehead atoms.